The van der Waals surface area contributed by atoms with Gasteiger partial charge in [-0.15, -0.1) is 0 Å². The molecular weight excluding hydrogens is 514 g/mol. The molecule has 0 bridgehead atoms. The Morgan fingerprint density at radius 1 is 1.30 bits per heavy atom. The Morgan fingerprint density at radius 3 is 2.70 bits per heavy atom. The van der Waals surface area contributed by atoms with E-state index in [4.69, 9.17) is 11.6 Å². The van der Waals surface area contributed by atoms with Gasteiger partial charge >= 0.3 is 0 Å². The molecule has 1 aliphatic carbocycles. The zero-order chi connectivity index (χ0) is 19.1. The van der Waals surface area contributed by atoms with Crippen molar-refractivity contribution in [3.8, 4) is 0 Å². The molecular formula is C18H19ClIN4OPS. The fourth-order valence-electron chi connectivity index (χ4n) is 3.34. The summed E-state index contributed by atoms with van der Waals surface area (Å²) in [4.78, 5) is 9.93. The molecule has 0 radical (unpaired) electrons. The van der Waals surface area contributed by atoms with E-state index in [0.717, 1.165) is 33.3 Å². The molecule has 0 saturated heterocycles. The first-order chi connectivity index (χ1) is 13.0. The minimum Gasteiger partial charge on any atom is -0.353 e. The number of hydrogen-bond acceptors (Lipinski definition) is 4. The summed E-state index contributed by atoms with van der Waals surface area (Å²) in [5.74, 6) is 1.50. The van der Waals surface area contributed by atoms with Gasteiger partial charge in [-0.3, -0.25) is 8.55 Å². The van der Waals surface area contributed by atoms with Crippen LogP contribution in [0.5, 0.6) is 0 Å². The number of aryl methyl sites for hydroxylation is 1. The average molecular weight is 533 g/mol. The molecule has 3 aromatic rings. The third-order valence-electron chi connectivity index (χ3n) is 5.00. The number of rotatable bonds is 5. The second kappa shape index (κ2) is 7.93. The quantitative estimate of drug-likeness (QED) is 0.251. The number of halogens is 2. The Bertz CT molecular complexity index is 1050. The van der Waals surface area contributed by atoms with Crippen LogP contribution in [0.3, 0.4) is 0 Å². The summed E-state index contributed by atoms with van der Waals surface area (Å²) >= 11 is 8.58. The Balaban J connectivity index is 1.79. The van der Waals surface area contributed by atoms with Crippen LogP contribution in [0, 0.1) is 6.92 Å². The topological polar surface area (TPSA) is 59.8 Å². The molecule has 1 aliphatic rings. The summed E-state index contributed by atoms with van der Waals surface area (Å²) < 4.78 is 14.4. The molecule has 1 fully saturated rings. The molecule has 2 heterocycles. The molecule has 2 atom stereocenters. The maximum Gasteiger partial charge on any atom is 0.167 e. The van der Waals surface area contributed by atoms with E-state index in [-0.39, 0.29) is 0 Å². The third kappa shape index (κ3) is 3.76. The number of nitrogens with zero attached hydrogens (tertiary/aromatic N) is 3. The van der Waals surface area contributed by atoms with E-state index >= 15 is 0 Å². The van der Waals surface area contributed by atoms with Crippen LogP contribution in [0.1, 0.15) is 36.6 Å². The summed E-state index contributed by atoms with van der Waals surface area (Å²) in [5.41, 5.74) is 4.43. The SMILES string of the molecule is Cc1nc2c(Nc3ccc(C4CCC4)cc3S(C)=O)cc(Cl)nc2n1PI. The van der Waals surface area contributed by atoms with Crippen molar-refractivity contribution in [2.45, 2.75) is 37.0 Å². The second-order valence-electron chi connectivity index (χ2n) is 6.71. The van der Waals surface area contributed by atoms with Crippen LogP contribution >= 0.6 is 40.0 Å². The predicted molar refractivity (Wildman–Crippen MR) is 124 cm³/mol. The smallest absolute Gasteiger partial charge is 0.167 e. The van der Waals surface area contributed by atoms with Crippen molar-refractivity contribution in [2.24, 2.45) is 0 Å². The number of benzene rings is 1. The number of pyridine rings is 1. The first-order valence-corrected chi connectivity index (χ1v) is 14.6. The Morgan fingerprint density at radius 2 is 2.07 bits per heavy atom. The number of imidazole rings is 1. The van der Waals surface area contributed by atoms with Crippen molar-refractivity contribution in [3.05, 3.63) is 40.8 Å². The summed E-state index contributed by atoms with van der Waals surface area (Å²) in [6.45, 7) is 1.96. The third-order valence-corrected chi connectivity index (χ3v) is 8.30. The van der Waals surface area contributed by atoms with Gasteiger partial charge in [0, 0.05) is 12.3 Å². The highest BCUT2D eigenvalue weighted by Gasteiger charge is 2.21. The Kier molecular flexibility index (Phi) is 5.74. The zero-order valence-corrected chi connectivity index (χ0v) is 19.7. The molecule has 9 heteroatoms. The van der Waals surface area contributed by atoms with Crippen LogP contribution in [-0.2, 0) is 10.8 Å². The van der Waals surface area contributed by atoms with Crippen LogP contribution in [0.15, 0.2) is 29.2 Å². The van der Waals surface area contributed by atoms with Gasteiger partial charge in [-0.2, -0.15) is 0 Å². The molecule has 1 saturated carbocycles. The highest BCUT2D eigenvalue weighted by Crippen LogP contribution is 2.39. The molecule has 1 aromatic carbocycles. The normalized spacial score (nSPS) is 16.1. The molecule has 0 aliphatic heterocycles. The van der Waals surface area contributed by atoms with Gasteiger partial charge < -0.3 is 5.32 Å². The predicted octanol–water partition coefficient (Wildman–Crippen LogP) is 5.93. The number of fused-ring (bicyclic) bond motifs is 1. The van der Waals surface area contributed by atoms with Crippen molar-refractivity contribution >= 4 is 73.4 Å². The average Bonchev–Trinajstić information content (AvgIpc) is 2.89. The van der Waals surface area contributed by atoms with E-state index in [1.54, 1.807) is 12.3 Å². The highest BCUT2D eigenvalue weighted by atomic mass is 127. The van der Waals surface area contributed by atoms with E-state index in [9.17, 15) is 4.21 Å². The van der Waals surface area contributed by atoms with Gasteiger partial charge in [0.15, 0.2) is 5.65 Å². The molecule has 4 rings (SSSR count). The summed E-state index contributed by atoms with van der Waals surface area (Å²) in [6.07, 6.45) is 5.93. The summed E-state index contributed by atoms with van der Waals surface area (Å²) in [6, 6.07) is 8.02. The molecule has 0 amide bonds. The van der Waals surface area contributed by atoms with Crippen molar-refractivity contribution in [2.75, 3.05) is 11.6 Å². The van der Waals surface area contributed by atoms with Gasteiger partial charge in [0.2, 0.25) is 0 Å². The minimum atomic E-state index is -1.10. The maximum absolute atomic E-state index is 12.4. The first-order valence-electron chi connectivity index (χ1n) is 8.64. The molecule has 2 aromatic heterocycles. The van der Waals surface area contributed by atoms with Crippen LogP contribution in [0.25, 0.3) is 11.2 Å². The van der Waals surface area contributed by atoms with E-state index < -0.39 is 10.8 Å². The maximum atomic E-state index is 12.4. The van der Waals surface area contributed by atoms with E-state index in [1.165, 1.54) is 24.8 Å². The second-order valence-corrected chi connectivity index (χ2v) is 10.5. The lowest BCUT2D eigenvalue weighted by molar-refractivity contribution is 0.419. The van der Waals surface area contributed by atoms with Crippen LogP contribution in [0.2, 0.25) is 5.15 Å². The standard InChI is InChI=1S/C18H19ClIN4OPS/c1-10-21-17-14(9-16(19)23-18(17)24(10)26-20)22-13-7-6-12(11-4-3-5-11)8-15(13)27(2)25/h6-9,11,26H,3-5H2,1-2H3,(H,22,23). The van der Waals surface area contributed by atoms with Crippen LogP contribution in [-0.4, -0.2) is 24.8 Å². The zero-order valence-electron chi connectivity index (χ0n) is 14.9. The Labute approximate surface area is 180 Å². The Hall–Kier alpha value is -0.760. The molecule has 27 heavy (non-hydrogen) atoms. The van der Waals surface area contributed by atoms with Gasteiger partial charge in [0.25, 0.3) is 0 Å². The number of nitrogens with one attached hydrogen (secondary N) is 1. The van der Waals surface area contributed by atoms with Gasteiger partial charge in [-0.05, 0) is 65.4 Å². The van der Waals surface area contributed by atoms with E-state index in [2.05, 4.69) is 49.5 Å². The van der Waals surface area contributed by atoms with E-state index in [1.807, 2.05) is 17.3 Å². The molecule has 142 valence electrons. The monoisotopic (exact) mass is 532 g/mol. The van der Waals surface area contributed by atoms with Crippen molar-refractivity contribution in [1.29, 1.82) is 0 Å². The van der Waals surface area contributed by atoms with Gasteiger partial charge in [0.05, 0.1) is 33.4 Å². The molecule has 2 unspecified atom stereocenters. The first kappa shape index (κ1) is 19.6. The largest absolute Gasteiger partial charge is 0.353 e. The highest BCUT2D eigenvalue weighted by molar-refractivity contribution is 14.2. The minimum absolute atomic E-state index is 0.408. The summed E-state index contributed by atoms with van der Waals surface area (Å²) in [5, 5.41) is 3.82. The lowest BCUT2D eigenvalue weighted by Crippen LogP contribution is -2.10. The fraction of sp³-hybridized carbons (Fsp3) is 0.333. The number of aromatic nitrogens is 3. The van der Waals surface area contributed by atoms with Crippen LogP contribution < -0.4 is 5.32 Å². The van der Waals surface area contributed by atoms with Gasteiger partial charge in [0.1, 0.15) is 16.5 Å². The fourth-order valence-corrected chi connectivity index (χ4v) is 6.40. The lowest BCUT2D eigenvalue weighted by Gasteiger charge is -2.26. The number of anilines is 2. The summed E-state index contributed by atoms with van der Waals surface area (Å²) in [7, 11) is -1.10. The molecule has 5 nitrogen and oxygen atoms in total. The lowest BCUT2D eigenvalue weighted by atomic mass is 9.80. The van der Waals surface area contributed by atoms with Crippen molar-refractivity contribution < 1.29 is 4.21 Å². The van der Waals surface area contributed by atoms with Crippen LogP contribution in [0.4, 0.5) is 11.4 Å². The van der Waals surface area contributed by atoms with Gasteiger partial charge in [-0.1, -0.05) is 24.1 Å². The van der Waals surface area contributed by atoms with E-state index in [0.29, 0.717) is 17.4 Å². The molecule has 0 spiro atoms. The van der Waals surface area contributed by atoms with Gasteiger partial charge in [-0.25, -0.2) is 9.97 Å². The van der Waals surface area contributed by atoms with Crippen molar-refractivity contribution in [3.63, 3.8) is 0 Å². The van der Waals surface area contributed by atoms with Crippen molar-refractivity contribution in [1.82, 2.24) is 14.3 Å². The molecule has 1 N–H and O–H groups in total. The number of hydrogen-bond donors (Lipinski definition) is 1.